The number of nitrogens with two attached hydrogens (primary N) is 3. The first-order valence-electron chi connectivity index (χ1n) is 45.9. The van der Waals surface area contributed by atoms with Crippen LogP contribution in [0, 0.1) is 0 Å². The standard InChI is InChI=1S/C92H126N22O21S/c1-7-9-25-71-85(128)106-65(41-78(120)121)84(127)109-69(80(123)99-45-76(95)118)47-136-48-77(119)101-66(35-51-27-29-55(115)30-28-51)88(131)110(4)50(3)79(122)107-68-40-75(117)70-31-32-72(114(70)91(68)134)86(129)105-64(38-54-44-96-49-100-54)83(126)103-62(24-16-18-34-94)90(133)113-46-56(116)39-74(113)87(130)104-63(36-52-42-97-59-21-13-11-19-57(52)59)82(125)102-61(23-15-17-33-93)81(124)108-67(37-53-43-98-60-22-14-12-20-58(53)60)89(132)112(6)73(26-10-8-2)92(135)111(71)5/h11-14,19-22,27-30,42-44,49-50,56,61-69,71-74,97-98,115-117H,7-10,15-18,23-26,31-41,45-48,93-94H2,1-6H3,(H2,95,118)(H,96,100)(H,99,123)(H,101,119)(H,102,125)(H,103,126)(H,104,130)(H,105,129)(H,106,128)(H,107,122)(H,108,124)(H,109,127)(H,120,121)/t50-,56+,61-,62-,63-,64-,65-,66-,67-,68-,69-,71-,72-,73-,74-/m0/s1. The van der Waals surface area contributed by atoms with Crippen molar-refractivity contribution in [3.05, 3.63) is 132 Å². The third kappa shape index (κ3) is 27.6. The molecular formula is C92H126N22O21S. The maximum atomic E-state index is 15.9. The molecule has 736 valence electrons. The number of carboxylic acid groups (broad SMARTS) is 1. The molecule has 3 aromatic carbocycles. The molecule has 6 aromatic rings. The summed E-state index contributed by atoms with van der Waals surface area (Å²) in [5, 5.41) is 71.6. The van der Waals surface area contributed by atoms with Crippen LogP contribution in [0.3, 0.4) is 0 Å². The van der Waals surface area contributed by atoms with E-state index in [1.54, 1.807) is 67.8 Å². The summed E-state index contributed by atoms with van der Waals surface area (Å²) in [5.41, 5.74) is 20.5. The van der Waals surface area contributed by atoms with Gasteiger partial charge in [0.05, 0.1) is 42.5 Å². The third-order valence-electron chi connectivity index (χ3n) is 25.0. The molecule has 16 amide bonds. The molecule has 4 aliphatic rings. The molecule has 0 unspecified atom stereocenters. The molecule has 136 heavy (non-hydrogen) atoms. The highest BCUT2D eigenvalue weighted by molar-refractivity contribution is 8.00. The minimum atomic E-state index is -2.01. The number of rotatable bonds is 27. The lowest BCUT2D eigenvalue weighted by Crippen LogP contribution is -2.61. The fourth-order valence-electron chi connectivity index (χ4n) is 17.3. The van der Waals surface area contributed by atoms with E-state index in [0.29, 0.717) is 82.4 Å². The first-order valence-corrected chi connectivity index (χ1v) is 47.0. The first-order chi connectivity index (χ1) is 65.0. The van der Waals surface area contributed by atoms with Crippen molar-refractivity contribution in [3.63, 3.8) is 0 Å². The van der Waals surface area contributed by atoms with Crippen LogP contribution >= 0.6 is 11.8 Å². The third-order valence-corrected chi connectivity index (χ3v) is 26.0. The van der Waals surface area contributed by atoms with E-state index in [0.717, 1.165) is 24.5 Å². The summed E-state index contributed by atoms with van der Waals surface area (Å²) in [6.45, 7) is 4.01. The van der Waals surface area contributed by atoms with Crippen molar-refractivity contribution in [1.29, 1.82) is 0 Å². The molecule has 0 aliphatic carbocycles. The van der Waals surface area contributed by atoms with Crippen LogP contribution in [0.1, 0.15) is 152 Å². The molecule has 4 aliphatic heterocycles. The highest BCUT2D eigenvalue weighted by atomic mass is 32.2. The number of aliphatic carboxylic acids is 1. The van der Waals surface area contributed by atoms with Crippen molar-refractivity contribution < 1.29 is 102 Å². The second kappa shape index (κ2) is 49.7. The number of nitrogens with zero attached hydrogens (tertiary/aromatic N) is 6. The second-order valence-electron chi connectivity index (χ2n) is 34.8. The maximum absolute atomic E-state index is 15.9. The van der Waals surface area contributed by atoms with E-state index in [1.807, 2.05) is 6.92 Å². The summed E-state index contributed by atoms with van der Waals surface area (Å²) in [6.07, 6.45) is 3.76. The van der Waals surface area contributed by atoms with Crippen molar-refractivity contribution in [2.45, 2.75) is 246 Å². The Morgan fingerprint density at radius 1 is 0.537 bits per heavy atom. The number of aromatic nitrogens is 4. The molecule has 23 N–H and O–H groups in total. The largest absolute Gasteiger partial charge is 0.510 e. The zero-order valence-electron chi connectivity index (χ0n) is 77.0. The highest BCUT2D eigenvalue weighted by Crippen LogP contribution is 2.36. The van der Waals surface area contributed by atoms with E-state index in [-0.39, 0.29) is 126 Å². The summed E-state index contributed by atoms with van der Waals surface area (Å²) in [5.74, 6) is -18.4. The fraction of sp³-hybridized carbons (Fsp3) is 0.522. The Labute approximate surface area is 789 Å². The number of para-hydroxylation sites is 2. The van der Waals surface area contributed by atoms with Crippen molar-refractivity contribution >= 4 is 134 Å². The molecule has 44 heteroatoms. The normalized spacial score (nSPS) is 25.0. The van der Waals surface area contributed by atoms with Crippen molar-refractivity contribution in [1.82, 2.24) is 97.6 Å². The van der Waals surface area contributed by atoms with Crippen LogP contribution in [-0.4, -0.2) is 315 Å². The van der Waals surface area contributed by atoms with Crippen LogP contribution in [0.4, 0.5) is 0 Å². The van der Waals surface area contributed by atoms with Crippen LogP contribution < -0.4 is 70.4 Å². The number of primary amides is 1. The van der Waals surface area contributed by atoms with Crippen LogP contribution in [-0.2, 0) is 107 Å². The van der Waals surface area contributed by atoms with Crippen molar-refractivity contribution in [3.8, 4) is 5.75 Å². The van der Waals surface area contributed by atoms with Gasteiger partial charge in [0.1, 0.15) is 96.1 Å². The SMILES string of the molecule is CCCC[C@H]1C(=O)N(C)[C@@H](CCCC)C(=O)N[C@@H](CC(=O)O)C(=O)N[C@H](C(=O)NCC(N)=O)CSCC(=O)N[C@@H](Cc2ccc(O)cc2)C(=O)N(C)[C@@H](C)C(=O)N[C@H]2CC(O)=C3CC[C@@H](C(=O)N[C@@H](Cc4c[nH]cn4)C(=O)N[C@@H](CCCCN)C(=O)N4C[C@H](O)C[C@H]4C(=O)N[C@@H](Cc4c[nH]c5ccccc45)C(=O)N[C@@H](CCCCN)C(=O)N[C@@H](Cc4c[nH]c5ccccc45)C(=O)N1C)N3C2=O. The summed E-state index contributed by atoms with van der Waals surface area (Å²) in [6, 6.07) is -2.12. The molecule has 7 heterocycles. The average molecular weight is 1910 g/mol. The first kappa shape index (κ1) is 105. The van der Waals surface area contributed by atoms with Crippen LogP contribution in [0.2, 0.25) is 0 Å². The second-order valence-corrected chi connectivity index (χ2v) is 35.9. The number of aliphatic hydroxyl groups excluding tert-OH is 2. The number of carbonyl (C=O) groups is 17. The molecule has 2 bridgehead atoms. The van der Waals surface area contributed by atoms with Gasteiger partial charge in [0.25, 0.3) is 5.91 Å². The number of hydrogen-bond acceptors (Lipinski definition) is 24. The monoisotopic (exact) mass is 1910 g/mol. The Balaban J connectivity index is 1.03. The molecule has 3 saturated heterocycles. The number of phenolic OH excluding ortho intramolecular Hbond substituents is 1. The van der Waals surface area contributed by atoms with Gasteiger partial charge < -0.3 is 125 Å². The van der Waals surface area contributed by atoms with E-state index in [2.05, 4.69) is 73.1 Å². The number of carbonyl (C=O) groups excluding carboxylic acids is 16. The lowest BCUT2D eigenvalue weighted by Gasteiger charge is -2.36. The number of unbranched alkanes of at least 4 members (excludes halogenated alkanes) is 4. The number of hydrogen-bond donors (Lipinski definition) is 20. The Morgan fingerprint density at radius 3 is 1.68 bits per heavy atom. The van der Waals surface area contributed by atoms with Gasteiger partial charge >= 0.3 is 5.97 Å². The summed E-state index contributed by atoms with van der Waals surface area (Å²) < 4.78 is 0. The summed E-state index contributed by atoms with van der Waals surface area (Å²) >= 11 is 0.702. The molecule has 10 rings (SSSR count). The number of carboxylic acids is 1. The smallest absolute Gasteiger partial charge is 0.305 e. The van der Waals surface area contributed by atoms with Crippen molar-refractivity contribution in [2.75, 3.05) is 58.8 Å². The van der Waals surface area contributed by atoms with E-state index >= 15 is 38.4 Å². The lowest BCUT2D eigenvalue weighted by molar-refractivity contribution is -0.149. The van der Waals surface area contributed by atoms with Gasteiger partial charge in [-0.2, -0.15) is 0 Å². The number of H-pyrrole nitrogens is 3. The van der Waals surface area contributed by atoms with E-state index < -0.39 is 229 Å². The van der Waals surface area contributed by atoms with E-state index in [1.165, 1.54) is 64.9 Å². The zero-order chi connectivity index (χ0) is 98.7. The minimum Gasteiger partial charge on any atom is -0.510 e. The Morgan fingerprint density at radius 2 is 1.07 bits per heavy atom. The molecule has 0 radical (unpaired) electrons. The number of amides is 16. The summed E-state index contributed by atoms with van der Waals surface area (Å²) in [7, 11) is 3.87. The number of likely N-dealkylation sites (N-methyl/N-ethyl adjacent to an activating group) is 3. The van der Waals surface area contributed by atoms with Gasteiger partial charge in [-0.05, 0) is 125 Å². The number of imidazole rings is 1. The average Bonchev–Trinajstić information content (AvgIpc) is 1.60. The van der Waals surface area contributed by atoms with Crippen molar-refractivity contribution in [2.24, 2.45) is 17.2 Å². The number of phenols is 1. The minimum absolute atomic E-state index is 0.0270. The lowest BCUT2D eigenvalue weighted by atomic mass is 9.99. The number of aliphatic hydroxyl groups is 2. The van der Waals surface area contributed by atoms with E-state index in [9.17, 15) is 63.6 Å². The maximum Gasteiger partial charge on any atom is 0.305 e. The van der Waals surface area contributed by atoms with Gasteiger partial charge in [0.15, 0.2) is 0 Å². The van der Waals surface area contributed by atoms with Crippen LogP contribution in [0.15, 0.2) is 109 Å². The quantitative estimate of drug-likeness (QED) is 0.0269. The zero-order valence-corrected chi connectivity index (χ0v) is 77.9. The predicted octanol–water partition coefficient (Wildman–Crippen LogP) is -1.20. The Kier molecular flexibility index (Phi) is 38.2. The number of aromatic amines is 3. The number of fused-ring (bicyclic) bond motifs is 4. The molecule has 15 atom stereocenters. The molecule has 0 saturated carbocycles. The van der Waals surface area contributed by atoms with Crippen LogP contribution in [0.25, 0.3) is 21.8 Å². The Hall–Kier alpha value is -13.5. The predicted molar refractivity (Wildman–Crippen MR) is 498 cm³/mol. The molecule has 3 aromatic heterocycles. The van der Waals surface area contributed by atoms with E-state index in [4.69, 9.17) is 17.2 Å². The molecule has 3 fully saturated rings. The summed E-state index contributed by atoms with van der Waals surface area (Å²) in [4.78, 5) is 270. The van der Waals surface area contributed by atoms with Gasteiger partial charge in [0, 0.05) is 112 Å². The number of allylic oxidation sites excluding steroid dienone is 1. The van der Waals surface area contributed by atoms with Gasteiger partial charge in [-0.1, -0.05) is 88.1 Å². The van der Waals surface area contributed by atoms with Gasteiger partial charge in [-0.15, -0.1) is 11.8 Å². The fourth-order valence-corrected chi connectivity index (χ4v) is 18.2. The molecule has 0 spiro atoms. The molecule has 43 nitrogen and oxygen atoms in total. The number of thioether (sulfide) groups is 1. The van der Waals surface area contributed by atoms with Gasteiger partial charge in [-0.3, -0.25) is 86.4 Å². The number of nitrogens with one attached hydrogen (secondary N) is 13. The number of aromatic hydroxyl groups is 1. The van der Waals surface area contributed by atoms with Gasteiger partial charge in [-0.25, -0.2) is 4.98 Å². The Bertz CT molecular complexity index is 5320. The molecular weight excluding hydrogens is 1780 g/mol. The highest BCUT2D eigenvalue weighted by Gasteiger charge is 2.49. The van der Waals surface area contributed by atoms with Crippen LogP contribution in [0.5, 0.6) is 5.75 Å². The van der Waals surface area contributed by atoms with Gasteiger partial charge in [0.2, 0.25) is 88.6 Å². The number of benzene rings is 3. The topological polar surface area (TPSA) is 646 Å².